The van der Waals surface area contributed by atoms with Crippen molar-refractivity contribution >= 4 is 188 Å². The van der Waals surface area contributed by atoms with Crippen molar-refractivity contribution in [1.82, 2.24) is 0 Å². The number of thiophene rings is 4. The van der Waals surface area contributed by atoms with Crippen LogP contribution in [-0.2, 0) is 19.2 Å². The first kappa shape index (κ1) is 87.5. The summed E-state index contributed by atoms with van der Waals surface area (Å²) in [6, 6.07) is 101. The van der Waals surface area contributed by atoms with Crippen LogP contribution in [0.15, 0.2) is 313 Å². The Labute approximate surface area is 746 Å². The maximum Gasteiger partial charge on any atom is 0.346 e. The predicted octanol–water partition coefficient (Wildman–Crippen LogP) is 29.1. The molecule has 4 heterocycles. The van der Waals surface area contributed by atoms with Crippen LogP contribution in [0.1, 0.15) is 94.9 Å². The zero-order chi connectivity index (χ0) is 87.7. The van der Waals surface area contributed by atoms with Crippen LogP contribution in [-0.4, -0.2) is 50.1 Å². The largest absolute Gasteiger partial charge is 0.486 e. The Morgan fingerprint density at radius 3 is 0.848 bits per heavy atom. The van der Waals surface area contributed by atoms with Crippen LogP contribution < -0.4 is 9.80 Å². The highest BCUT2D eigenvalue weighted by atomic mass is 32.2. The molecule has 14 nitrogen and oxygen atoms in total. The second kappa shape index (κ2) is 42.3. The van der Waals surface area contributed by atoms with Gasteiger partial charge in [0.25, 0.3) is 11.4 Å². The standard InChI is InChI=1S/C54H41N3O4S3.C52H37N3O4S2/c1-3-4-33-62-47-27-25-46(26-28-47)57(44-21-13-39(14-22-44)7-5-37-9-17-41(18-10-37)51-31-29-48(63-51)34-43(36-55)53(58)59)45-23-15-40(16-24-45)8-6-38-11-19-42(20-12-38)52-32-30-49(64-52)35-50(56-2)54(60)61;1-34-4-21-45(30-35(34)2)55(43-22-13-38(14-23-43)7-5-36-9-17-40(18-10-36)49-28-26-46(60-49)31-42(33-53)51(56)57)44-24-15-39(16-25-44)8-6-37-11-19-41(20-12-37)50-29-27-47(61-50)32-48(54-3)52(58)59/h5-32,34-35H,3-4,33H2,1H3,(H,58,59)(H,60,61);4-32H,1-2H3,(H,56,57)(H,58,59)/b7-5+,8-6+,43-34+,50-35-;7-5+,8-6+,42-31-,48-32-. The van der Waals surface area contributed by atoms with Crippen LogP contribution in [0.5, 0.6) is 0 Å². The molecule has 610 valence electrons. The molecule has 0 unspecified atom stereocenters. The third kappa shape index (κ3) is 23.7. The molecule has 0 aliphatic heterocycles. The van der Waals surface area contributed by atoms with Gasteiger partial charge in [-0.1, -0.05) is 214 Å². The molecule has 14 aromatic rings. The van der Waals surface area contributed by atoms with Crippen molar-refractivity contribution in [2.75, 3.05) is 15.6 Å². The van der Waals surface area contributed by atoms with Gasteiger partial charge >= 0.3 is 23.9 Å². The highest BCUT2D eigenvalue weighted by molar-refractivity contribution is 7.99. The zero-order valence-corrected chi connectivity index (χ0v) is 71.9. The van der Waals surface area contributed by atoms with Gasteiger partial charge in [0.05, 0.1) is 13.1 Å². The van der Waals surface area contributed by atoms with Crippen LogP contribution in [0, 0.1) is 49.7 Å². The summed E-state index contributed by atoms with van der Waals surface area (Å²) in [6.45, 7) is 20.6. The van der Waals surface area contributed by atoms with Gasteiger partial charge in [0.15, 0.2) is 0 Å². The van der Waals surface area contributed by atoms with Crippen LogP contribution in [0.4, 0.5) is 34.1 Å². The molecule has 0 atom stereocenters. The summed E-state index contributed by atoms with van der Waals surface area (Å²) in [6.07, 6.45) is 24.6. The summed E-state index contributed by atoms with van der Waals surface area (Å²) in [5, 5.41) is 54.9. The number of hydrogen-bond acceptors (Lipinski definition) is 13. The van der Waals surface area contributed by atoms with Gasteiger partial charge in [-0.05, 0) is 262 Å². The maximum atomic E-state index is 11.2. The lowest BCUT2D eigenvalue weighted by molar-refractivity contribution is -0.133. The summed E-state index contributed by atoms with van der Waals surface area (Å²) < 4.78 is 0. The van der Waals surface area contributed by atoms with Crippen LogP contribution >= 0.6 is 57.1 Å². The van der Waals surface area contributed by atoms with Gasteiger partial charge in [-0.25, -0.2) is 19.3 Å². The summed E-state index contributed by atoms with van der Waals surface area (Å²) in [4.78, 5) is 63.7. The van der Waals surface area contributed by atoms with Crippen molar-refractivity contribution in [3.05, 3.63) is 406 Å². The minimum Gasteiger partial charge on any atom is -0.486 e. The number of rotatable bonds is 30. The molecule has 4 aromatic heterocycles. The van der Waals surface area contributed by atoms with Crippen LogP contribution in [0.2, 0.25) is 0 Å². The van der Waals surface area contributed by atoms with Crippen molar-refractivity contribution in [3.8, 4) is 53.9 Å². The van der Waals surface area contributed by atoms with E-state index in [1.807, 2.05) is 121 Å². The fourth-order valence-corrected chi connectivity index (χ4v) is 17.8. The molecule has 0 saturated carbocycles. The number of carboxylic acid groups (broad SMARTS) is 4. The minimum absolute atomic E-state index is 0.290. The van der Waals surface area contributed by atoms with Gasteiger partial charge in [0, 0.05) is 78.0 Å². The lowest BCUT2D eigenvalue weighted by Gasteiger charge is -2.26. The van der Waals surface area contributed by atoms with Gasteiger partial charge in [0.2, 0.25) is 0 Å². The summed E-state index contributed by atoms with van der Waals surface area (Å²) in [5.74, 6) is -3.83. The van der Waals surface area contributed by atoms with E-state index < -0.39 is 23.9 Å². The monoisotopic (exact) mass is 1720 g/mol. The number of nitriles is 2. The van der Waals surface area contributed by atoms with Crippen molar-refractivity contribution in [1.29, 1.82) is 10.5 Å². The first-order chi connectivity index (χ1) is 60.7. The number of nitrogens with zero attached hydrogens (tertiary/aromatic N) is 6. The van der Waals surface area contributed by atoms with Crippen molar-refractivity contribution in [3.63, 3.8) is 0 Å². The lowest BCUT2D eigenvalue weighted by atomic mass is 10.1. The van der Waals surface area contributed by atoms with Gasteiger partial charge < -0.3 is 30.2 Å². The van der Waals surface area contributed by atoms with Crippen LogP contribution in [0.3, 0.4) is 0 Å². The number of carboxylic acids is 4. The third-order valence-corrected chi connectivity index (χ3v) is 25.3. The smallest absolute Gasteiger partial charge is 0.346 e. The Hall–Kier alpha value is -15.3. The molecule has 0 radical (unpaired) electrons. The van der Waals surface area contributed by atoms with Crippen LogP contribution in [0.25, 0.3) is 124 Å². The predicted molar refractivity (Wildman–Crippen MR) is 519 cm³/mol. The third-order valence-electron chi connectivity index (χ3n) is 19.9. The van der Waals surface area contributed by atoms with Gasteiger partial charge in [-0.3, -0.25) is 9.59 Å². The summed E-state index contributed by atoms with van der Waals surface area (Å²) >= 11 is 7.65. The van der Waals surface area contributed by atoms with E-state index in [1.54, 1.807) is 12.1 Å². The number of benzene rings is 10. The molecule has 19 heteroatoms. The Morgan fingerprint density at radius 1 is 0.344 bits per heavy atom. The van der Waals surface area contributed by atoms with E-state index >= 15 is 0 Å². The minimum atomic E-state index is -1.24. The Balaban J connectivity index is 0.000000215. The molecule has 4 N–H and O–H groups in total. The first-order valence-electron chi connectivity index (χ1n) is 39.5. The fraction of sp³-hybridized carbons (Fsp3) is 0.0566. The molecule has 125 heavy (non-hydrogen) atoms. The van der Waals surface area contributed by atoms with E-state index in [0.29, 0.717) is 9.75 Å². The summed E-state index contributed by atoms with van der Waals surface area (Å²) in [7, 11) is 0. The Kier molecular flexibility index (Phi) is 29.6. The van der Waals surface area contributed by atoms with E-state index in [4.69, 9.17) is 28.8 Å². The Morgan fingerprint density at radius 2 is 0.600 bits per heavy atom. The van der Waals surface area contributed by atoms with Gasteiger partial charge in [-0.2, -0.15) is 10.5 Å². The van der Waals surface area contributed by atoms with E-state index in [-0.39, 0.29) is 22.5 Å². The number of hydrogen-bond donors (Lipinski definition) is 4. The molecule has 0 saturated heterocycles. The first-order valence-corrected chi connectivity index (χ1v) is 43.7. The highest BCUT2D eigenvalue weighted by Crippen LogP contribution is 2.41. The normalized spacial score (nSPS) is 11.7. The number of aryl methyl sites for hydroxylation is 2. The molecule has 0 fully saturated rings. The van der Waals surface area contributed by atoms with E-state index in [9.17, 15) is 34.5 Å². The molecule has 0 bridgehead atoms. The van der Waals surface area contributed by atoms with Crippen molar-refractivity contribution in [2.24, 2.45) is 0 Å². The molecule has 14 rings (SSSR count). The average molecular weight is 1720 g/mol. The van der Waals surface area contributed by atoms with Crippen molar-refractivity contribution < 1.29 is 39.6 Å². The fourth-order valence-electron chi connectivity index (χ4n) is 13.0. The van der Waals surface area contributed by atoms with E-state index in [1.165, 1.54) is 98.5 Å². The number of aliphatic carboxylic acids is 4. The zero-order valence-electron chi connectivity index (χ0n) is 67.8. The lowest BCUT2D eigenvalue weighted by Crippen LogP contribution is -2.10. The average Bonchev–Trinajstić information content (AvgIpc) is 1.79. The van der Waals surface area contributed by atoms with Gasteiger partial charge in [0.1, 0.15) is 23.3 Å². The molecular weight excluding hydrogens is 1650 g/mol. The number of carbonyl (C=O) groups is 4. The quantitative estimate of drug-likeness (QED) is 0.00825. The molecule has 0 aliphatic carbocycles. The molecule has 0 aliphatic rings. The molecule has 10 aromatic carbocycles. The topological polar surface area (TPSA) is 212 Å². The van der Waals surface area contributed by atoms with Crippen molar-refractivity contribution in [2.45, 2.75) is 38.5 Å². The number of thioether (sulfide) groups is 1. The second-order valence-corrected chi connectivity index (χ2v) is 34.1. The second-order valence-electron chi connectivity index (χ2n) is 28.5. The Bertz CT molecular complexity index is 6340. The van der Waals surface area contributed by atoms with E-state index in [0.717, 1.165) is 136 Å². The summed E-state index contributed by atoms with van der Waals surface area (Å²) in [5.41, 5.74) is 20.0. The SMILES string of the molecule is [C-]#[N+]/C(=C\c1ccc(-c2ccc(/C=C/c3ccc(N(c4ccc(/C=C/c5ccc(-c6ccc(/C=C(/C#N)C(=O)O)s6)cc5)cc4)c4ccc(C)c(C)c4)cc3)cc2)s1)C(=O)O.[C-]#[N+]/C(=C\c1ccc(-c2ccc(/C=C/c3ccc(N(c4ccc(/C=C/c5ccc(-c6ccc(/C=C(\C#N)C(=O)O)s6)cc5)cc4)c4ccc(SCCCC)cc4)cc3)cc2)s1)C(=O)O. The molecular formula is C106H78N6O8S5. The molecule has 0 amide bonds. The molecule has 0 spiro atoms. The maximum absolute atomic E-state index is 11.2. The van der Waals surface area contributed by atoms with Gasteiger partial charge in [-0.15, -0.1) is 57.1 Å². The number of anilines is 6. The highest BCUT2D eigenvalue weighted by Gasteiger charge is 2.19. The number of unbranched alkanes of at least 4 members (excludes halogenated alkanes) is 1. The van der Waals surface area contributed by atoms with E-state index in [2.05, 4.69) is 265 Å².